The molecule has 122 valence electrons. The molecule has 22 heavy (non-hydrogen) atoms. The number of carbonyl (C=O) groups is 2. The van der Waals surface area contributed by atoms with Crippen LogP contribution in [0.1, 0.15) is 38.5 Å². The highest BCUT2D eigenvalue weighted by atomic mass is 16.6. The smallest absolute Gasteiger partial charge is 0.409 e. The first-order valence-corrected chi connectivity index (χ1v) is 7.76. The fraction of sp³-hybridized carbons (Fsp3) is 0.625. The van der Waals surface area contributed by atoms with Crippen molar-refractivity contribution in [3.8, 4) is 0 Å². The number of carbonyl (C=O) groups excluding carboxylic acids is 2. The van der Waals surface area contributed by atoms with Gasteiger partial charge in [0.25, 0.3) is 0 Å². The third-order valence-electron chi connectivity index (χ3n) is 4.18. The Bertz CT molecular complexity index is 500. The molecule has 2 rings (SSSR count). The summed E-state index contributed by atoms with van der Waals surface area (Å²) in [6.45, 7) is 5.14. The van der Waals surface area contributed by atoms with Crippen LogP contribution in [-0.4, -0.2) is 48.5 Å². The van der Waals surface area contributed by atoms with Gasteiger partial charge in [-0.25, -0.2) is 4.79 Å². The van der Waals surface area contributed by atoms with Crippen molar-refractivity contribution < 1.29 is 18.7 Å². The summed E-state index contributed by atoms with van der Waals surface area (Å²) < 4.78 is 10.4. The fourth-order valence-corrected chi connectivity index (χ4v) is 2.76. The third-order valence-corrected chi connectivity index (χ3v) is 4.18. The van der Waals surface area contributed by atoms with Gasteiger partial charge in [0.15, 0.2) is 0 Å². The minimum Gasteiger partial charge on any atom is -0.467 e. The first-order valence-electron chi connectivity index (χ1n) is 7.76. The summed E-state index contributed by atoms with van der Waals surface area (Å²) in [4.78, 5) is 27.8. The van der Waals surface area contributed by atoms with Crippen molar-refractivity contribution in [2.24, 2.45) is 5.92 Å². The van der Waals surface area contributed by atoms with Crippen LogP contribution in [0.25, 0.3) is 0 Å². The lowest BCUT2D eigenvalue weighted by atomic mass is 9.96. The van der Waals surface area contributed by atoms with Crippen LogP contribution >= 0.6 is 0 Å². The molecular formula is C16H24N2O4. The predicted octanol–water partition coefficient (Wildman–Crippen LogP) is 2.67. The van der Waals surface area contributed by atoms with E-state index in [2.05, 4.69) is 0 Å². The minimum atomic E-state index is -0.332. The van der Waals surface area contributed by atoms with Crippen LogP contribution in [0.3, 0.4) is 0 Å². The summed E-state index contributed by atoms with van der Waals surface area (Å²) in [5, 5.41) is 0. The first-order chi connectivity index (χ1) is 10.5. The molecule has 0 aliphatic carbocycles. The lowest BCUT2D eigenvalue weighted by molar-refractivity contribution is -0.138. The zero-order chi connectivity index (χ0) is 16.1. The van der Waals surface area contributed by atoms with Gasteiger partial charge in [-0.15, -0.1) is 0 Å². The van der Waals surface area contributed by atoms with E-state index in [9.17, 15) is 9.59 Å². The van der Waals surface area contributed by atoms with E-state index in [1.54, 1.807) is 30.0 Å². The van der Waals surface area contributed by atoms with Crippen LogP contribution in [0.15, 0.2) is 22.8 Å². The van der Waals surface area contributed by atoms with Crippen LogP contribution in [0.5, 0.6) is 0 Å². The number of amides is 2. The van der Waals surface area contributed by atoms with E-state index in [0.717, 1.165) is 18.6 Å². The van der Waals surface area contributed by atoms with Gasteiger partial charge in [0, 0.05) is 20.1 Å². The molecule has 0 saturated carbocycles. The summed E-state index contributed by atoms with van der Waals surface area (Å²) in [7, 11) is 1.78. The molecule has 2 atom stereocenters. The topological polar surface area (TPSA) is 63.0 Å². The van der Waals surface area contributed by atoms with E-state index in [0.29, 0.717) is 19.7 Å². The highest BCUT2D eigenvalue weighted by molar-refractivity contribution is 5.80. The second kappa shape index (κ2) is 7.33. The Morgan fingerprint density at radius 2 is 2.32 bits per heavy atom. The Kier molecular flexibility index (Phi) is 5.46. The molecule has 1 aliphatic rings. The van der Waals surface area contributed by atoms with E-state index in [-0.39, 0.29) is 24.0 Å². The number of hydrogen-bond donors (Lipinski definition) is 0. The summed E-state index contributed by atoms with van der Waals surface area (Å²) in [6, 6.07) is 3.55. The van der Waals surface area contributed by atoms with Crippen LogP contribution in [0.4, 0.5) is 4.79 Å². The third kappa shape index (κ3) is 3.61. The van der Waals surface area contributed by atoms with Crippen molar-refractivity contribution in [3.63, 3.8) is 0 Å². The lowest BCUT2D eigenvalue weighted by Crippen LogP contribution is -2.46. The van der Waals surface area contributed by atoms with Crippen LogP contribution in [-0.2, 0) is 9.53 Å². The van der Waals surface area contributed by atoms with Crippen molar-refractivity contribution in [2.75, 3.05) is 26.7 Å². The molecule has 0 N–H and O–H groups in total. The molecule has 1 aromatic rings. The largest absolute Gasteiger partial charge is 0.467 e. The Labute approximate surface area is 131 Å². The summed E-state index contributed by atoms with van der Waals surface area (Å²) in [5.41, 5.74) is 0. The molecule has 0 bridgehead atoms. The summed E-state index contributed by atoms with van der Waals surface area (Å²) in [5.74, 6) is 0.618. The first kappa shape index (κ1) is 16.4. The molecule has 6 nitrogen and oxygen atoms in total. The number of likely N-dealkylation sites (tertiary alicyclic amines) is 1. The summed E-state index contributed by atoms with van der Waals surface area (Å²) >= 11 is 0. The maximum absolute atomic E-state index is 12.7. The Hall–Kier alpha value is -1.98. The number of ether oxygens (including phenoxy) is 1. The molecule has 2 heterocycles. The number of rotatable bonds is 4. The predicted molar refractivity (Wildman–Crippen MR) is 81.2 cm³/mol. The Balaban J connectivity index is 1.97. The standard InChI is InChI=1S/C16H24N2O4/c1-4-21-16(20)18-9-5-7-13(11-18)15(19)17(3)12(2)14-8-6-10-22-14/h6,8,10,12-13H,4-5,7,9,11H2,1-3H3. The highest BCUT2D eigenvalue weighted by Gasteiger charge is 2.32. The molecule has 2 amide bonds. The van der Waals surface area contributed by atoms with Gasteiger partial charge in [0.05, 0.1) is 24.8 Å². The Morgan fingerprint density at radius 3 is 2.95 bits per heavy atom. The molecule has 2 unspecified atom stereocenters. The molecule has 1 saturated heterocycles. The van der Waals surface area contributed by atoms with E-state index in [1.807, 2.05) is 19.1 Å². The number of nitrogens with zero attached hydrogens (tertiary/aromatic N) is 2. The van der Waals surface area contributed by atoms with Crippen molar-refractivity contribution in [1.82, 2.24) is 9.80 Å². The van der Waals surface area contributed by atoms with Gasteiger partial charge in [-0.1, -0.05) is 0 Å². The molecule has 0 spiro atoms. The number of piperidine rings is 1. The van der Waals surface area contributed by atoms with Gasteiger partial charge in [0.2, 0.25) is 5.91 Å². The Morgan fingerprint density at radius 1 is 1.55 bits per heavy atom. The van der Waals surface area contributed by atoms with Crippen LogP contribution in [0.2, 0.25) is 0 Å². The lowest BCUT2D eigenvalue weighted by Gasteiger charge is -2.34. The zero-order valence-electron chi connectivity index (χ0n) is 13.4. The quantitative estimate of drug-likeness (QED) is 0.858. The van der Waals surface area contributed by atoms with E-state index in [1.165, 1.54) is 0 Å². The van der Waals surface area contributed by atoms with Gasteiger partial charge in [0.1, 0.15) is 5.76 Å². The molecule has 0 radical (unpaired) electrons. The molecule has 0 aromatic carbocycles. The van der Waals surface area contributed by atoms with Gasteiger partial charge in [-0.2, -0.15) is 0 Å². The van der Waals surface area contributed by atoms with Gasteiger partial charge >= 0.3 is 6.09 Å². The van der Waals surface area contributed by atoms with Crippen molar-refractivity contribution in [3.05, 3.63) is 24.2 Å². The second-order valence-corrected chi connectivity index (χ2v) is 5.62. The monoisotopic (exact) mass is 308 g/mol. The number of furan rings is 1. The maximum atomic E-state index is 12.7. The average Bonchev–Trinajstić information content (AvgIpc) is 3.07. The molecule has 1 aromatic heterocycles. The van der Waals surface area contributed by atoms with E-state index < -0.39 is 0 Å². The SMILES string of the molecule is CCOC(=O)N1CCCC(C(=O)N(C)C(C)c2ccco2)C1. The van der Waals surface area contributed by atoms with Gasteiger partial charge < -0.3 is 19.0 Å². The average molecular weight is 308 g/mol. The van der Waals surface area contributed by atoms with Gasteiger partial charge in [-0.3, -0.25) is 4.79 Å². The molecular weight excluding hydrogens is 284 g/mol. The fourth-order valence-electron chi connectivity index (χ4n) is 2.76. The summed E-state index contributed by atoms with van der Waals surface area (Å²) in [6.07, 6.45) is 2.89. The van der Waals surface area contributed by atoms with Crippen molar-refractivity contribution >= 4 is 12.0 Å². The van der Waals surface area contributed by atoms with Gasteiger partial charge in [-0.05, 0) is 38.8 Å². The molecule has 1 fully saturated rings. The van der Waals surface area contributed by atoms with E-state index in [4.69, 9.17) is 9.15 Å². The maximum Gasteiger partial charge on any atom is 0.409 e. The zero-order valence-corrected chi connectivity index (χ0v) is 13.4. The van der Waals surface area contributed by atoms with E-state index >= 15 is 0 Å². The van der Waals surface area contributed by atoms with Crippen molar-refractivity contribution in [1.29, 1.82) is 0 Å². The van der Waals surface area contributed by atoms with Crippen molar-refractivity contribution in [2.45, 2.75) is 32.7 Å². The normalized spacial score (nSPS) is 19.6. The minimum absolute atomic E-state index is 0.0397. The molecule has 6 heteroatoms. The second-order valence-electron chi connectivity index (χ2n) is 5.62. The molecule has 1 aliphatic heterocycles. The van der Waals surface area contributed by atoms with Crippen LogP contribution < -0.4 is 0 Å². The highest BCUT2D eigenvalue weighted by Crippen LogP contribution is 2.25. The van der Waals surface area contributed by atoms with Crippen LogP contribution in [0, 0.1) is 5.92 Å². The number of hydrogen-bond acceptors (Lipinski definition) is 4.